The van der Waals surface area contributed by atoms with Crippen molar-refractivity contribution in [2.45, 2.75) is 44.2 Å². The first-order chi connectivity index (χ1) is 9.83. The van der Waals surface area contributed by atoms with Gasteiger partial charge >= 0.3 is 0 Å². The van der Waals surface area contributed by atoms with E-state index in [-0.39, 0.29) is 0 Å². The summed E-state index contributed by atoms with van der Waals surface area (Å²) in [4.78, 5) is 2.66. The van der Waals surface area contributed by atoms with Crippen LogP contribution in [0.2, 0.25) is 0 Å². The molecule has 1 unspecified atom stereocenters. The zero-order chi connectivity index (χ0) is 13.8. The molecule has 20 heavy (non-hydrogen) atoms. The molecule has 2 fully saturated rings. The molecule has 1 N–H and O–H groups in total. The fourth-order valence-corrected chi connectivity index (χ4v) is 3.82. The van der Waals surface area contributed by atoms with Gasteiger partial charge in [-0.2, -0.15) is 0 Å². The first-order valence-corrected chi connectivity index (χ1v) is 7.98. The van der Waals surface area contributed by atoms with Crippen molar-refractivity contribution < 1.29 is 0 Å². The molecule has 1 aliphatic heterocycles. The van der Waals surface area contributed by atoms with Crippen LogP contribution in [0.15, 0.2) is 42.5 Å². The molecule has 1 saturated carbocycles. The maximum absolute atomic E-state index is 3.88. The molecule has 0 amide bonds. The van der Waals surface area contributed by atoms with E-state index in [9.17, 15) is 0 Å². The minimum atomic E-state index is 0.396. The molecule has 1 aromatic carbocycles. The van der Waals surface area contributed by atoms with E-state index in [0.29, 0.717) is 11.6 Å². The summed E-state index contributed by atoms with van der Waals surface area (Å²) in [7, 11) is 0. The van der Waals surface area contributed by atoms with Gasteiger partial charge in [0.25, 0.3) is 0 Å². The Morgan fingerprint density at radius 2 is 2.00 bits per heavy atom. The number of allylic oxidation sites excluding steroid dienone is 1. The summed E-state index contributed by atoms with van der Waals surface area (Å²) in [6, 6.07) is 11.5. The standard InChI is InChI=1S/C18H26N2/c1-2-3-13-20-15-18(11-7-8-12-18)19-14-17(20)16-9-5-4-6-10-16/h2-6,9-10,17,19H,7-8,11-15H2,1H3/b3-2+. The number of piperazine rings is 1. The largest absolute Gasteiger partial charge is 0.308 e. The number of nitrogens with one attached hydrogen (secondary N) is 1. The van der Waals surface area contributed by atoms with E-state index in [1.807, 2.05) is 0 Å². The molecular formula is C18H26N2. The van der Waals surface area contributed by atoms with Crippen molar-refractivity contribution in [3.8, 4) is 0 Å². The van der Waals surface area contributed by atoms with Crippen LogP contribution in [0.1, 0.15) is 44.2 Å². The van der Waals surface area contributed by atoms with Gasteiger partial charge in [-0.3, -0.25) is 4.90 Å². The molecule has 1 aliphatic carbocycles. The minimum Gasteiger partial charge on any atom is -0.308 e. The van der Waals surface area contributed by atoms with Crippen LogP contribution in [0.4, 0.5) is 0 Å². The van der Waals surface area contributed by atoms with E-state index < -0.39 is 0 Å². The van der Waals surface area contributed by atoms with Gasteiger partial charge in [-0.1, -0.05) is 55.3 Å². The van der Waals surface area contributed by atoms with Crippen molar-refractivity contribution in [2.75, 3.05) is 19.6 Å². The van der Waals surface area contributed by atoms with E-state index >= 15 is 0 Å². The second-order valence-corrected chi connectivity index (χ2v) is 6.29. The summed E-state index contributed by atoms with van der Waals surface area (Å²) in [6.07, 6.45) is 9.94. The Morgan fingerprint density at radius 3 is 2.70 bits per heavy atom. The smallest absolute Gasteiger partial charge is 0.0476 e. The monoisotopic (exact) mass is 270 g/mol. The number of nitrogens with zero attached hydrogens (tertiary/aromatic N) is 1. The second kappa shape index (κ2) is 6.11. The highest BCUT2D eigenvalue weighted by Gasteiger charge is 2.40. The quantitative estimate of drug-likeness (QED) is 0.845. The molecule has 0 aromatic heterocycles. The lowest BCUT2D eigenvalue weighted by Gasteiger charge is -2.46. The van der Waals surface area contributed by atoms with Gasteiger partial charge in [0.15, 0.2) is 0 Å². The van der Waals surface area contributed by atoms with Gasteiger partial charge in [0.05, 0.1) is 0 Å². The summed E-state index contributed by atoms with van der Waals surface area (Å²) in [5, 5.41) is 3.88. The van der Waals surface area contributed by atoms with E-state index in [0.717, 1.165) is 13.1 Å². The summed E-state index contributed by atoms with van der Waals surface area (Å²) in [5.74, 6) is 0. The van der Waals surface area contributed by atoms with Gasteiger partial charge in [0.2, 0.25) is 0 Å². The summed E-state index contributed by atoms with van der Waals surface area (Å²) in [6.45, 7) is 5.46. The summed E-state index contributed by atoms with van der Waals surface area (Å²) in [5.41, 5.74) is 1.84. The zero-order valence-corrected chi connectivity index (χ0v) is 12.5. The number of rotatable bonds is 3. The van der Waals surface area contributed by atoms with E-state index in [4.69, 9.17) is 0 Å². The Labute approximate surface area is 122 Å². The zero-order valence-electron chi connectivity index (χ0n) is 12.5. The number of hydrogen-bond donors (Lipinski definition) is 1. The van der Waals surface area contributed by atoms with Crippen LogP contribution in [-0.2, 0) is 0 Å². The third kappa shape index (κ3) is 2.82. The fourth-order valence-electron chi connectivity index (χ4n) is 3.82. The molecule has 1 saturated heterocycles. The lowest BCUT2D eigenvalue weighted by molar-refractivity contribution is 0.0913. The van der Waals surface area contributed by atoms with Gasteiger partial charge in [-0.25, -0.2) is 0 Å². The average molecular weight is 270 g/mol. The van der Waals surface area contributed by atoms with Gasteiger partial charge < -0.3 is 5.32 Å². The van der Waals surface area contributed by atoms with E-state index in [2.05, 4.69) is 59.6 Å². The maximum atomic E-state index is 3.88. The van der Waals surface area contributed by atoms with Gasteiger partial charge in [0.1, 0.15) is 0 Å². The first-order valence-electron chi connectivity index (χ1n) is 7.98. The molecule has 2 heteroatoms. The molecule has 2 nitrogen and oxygen atoms in total. The molecule has 0 bridgehead atoms. The van der Waals surface area contributed by atoms with Crippen LogP contribution in [0.5, 0.6) is 0 Å². The highest BCUT2D eigenvalue weighted by molar-refractivity contribution is 5.21. The molecule has 1 atom stereocenters. The van der Waals surface area contributed by atoms with Crippen LogP contribution in [0, 0.1) is 0 Å². The average Bonchev–Trinajstić information content (AvgIpc) is 2.94. The second-order valence-electron chi connectivity index (χ2n) is 6.29. The van der Waals surface area contributed by atoms with Gasteiger partial charge in [0, 0.05) is 31.2 Å². The van der Waals surface area contributed by atoms with Crippen LogP contribution < -0.4 is 5.32 Å². The Hall–Kier alpha value is -1.12. The normalized spacial score (nSPS) is 26.6. The topological polar surface area (TPSA) is 15.3 Å². The number of hydrogen-bond acceptors (Lipinski definition) is 2. The lowest BCUT2D eigenvalue weighted by Crippen LogP contribution is -2.59. The lowest BCUT2D eigenvalue weighted by atomic mass is 9.90. The molecule has 1 spiro atoms. The molecule has 3 rings (SSSR count). The van der Waals surface area contributed by atoms with Crippen molar-refractivity contribution >= 4 is 0 Å². The van der Waals surface area contributed by atoms with E-state index in [1.165, 1.54) is 37.8 Å². The van der Waals surface area contributed by atoms with Gasteiger partial charge in [-0.15, -0.1) is 0 Å². The first kappa shape index (κ1) is 13.8. The molecule has 0 radical (unpaired) electrons. The van der Waals surface area contributed by atoms with Crippen molar-refractivity contribution in [3.63, 3.8) is 0 Å². The highest BCUT2D eigenvalue weighted by atomic mass is 15.3. The Kier molecular flexibility index (Phi) is 4.23. The fraction of sp³-hybridized carbons (Fsp3) is 0.556. The van der Waals surface area contributed by atoms with Crippen molar-refractivity contribution in [2.24, 2.45) is 0 Å². The predicted octanol–water partition coefficient (Wildman–Crippen LogP) is 3.52. The highest BCUT2D eigenvalue weighted by Crippen LogP contribution is 2.36. The van der Waals surface area contributed by atoms with Crippen LogP contribution in [-0.4, -0.2) is 30.1 Å². The maximum Gasteiger partial charge on any atom is 0.0476 e. The molecular weight excluding hydrogens is 244 g/mol. The minimum absolute atomic E-state index is 0.396. The third-order valence-corrected chi connectivity index (χ3v) is 4.94. The SMILES string of the molecule is C/C=C/CN1CC2(CCCC2)NCC1c1ccccc1. The van der Waals surface area contributed by atoms with Crippen LogP contribution in [0.25, 0.3) is 0 Å². The molecule has 1 aromatic rings. The molecule has 2 aliphatic rings. The third-order valence-electron chi connectivity index (χ3n) is 4.94. The summed E-state index contributed by atoms with van der Waals surface area (Å²) >= 11 is 0. The van der Waals surface area contributed by atoms with Crippen LogP contribution >= 0.6 is 0 Å². The molecule has 1 heterocycles. The van der Waals surface area contributed by atoms with Crippen molar-refractivity contribution in [3.05, 3.63) is 48.0 Å². The van der Waals surface area contributed by atoms with Crippen molar-refractivity contribution in [1.29, 1.82) is 0 Å². The van der Waals surface area contributed by atoms with Gasteiger partial charge in [-0.05, 0) is 25.3 Å². The Balaban J connectivity index is 1.79. The predicted molar refractivity (Wildman–Crippen MR) is 84.8 cm³/mol. The Morgan fingerprint density at radius 1 is 1.25 bits per heavy atom. The Bertz CT molecular complexity index is 446. The van der Waals surface area contributed by atoms with Crippen LogP contribution in [0.3, 0.4) is 0 Å². The van der Waals surface area contributed by atoms with Crippen molar-refractivity contribution in [1.82, 2.24) is 10.2 Å². The van der Waals surface area contributed by atoms with E-state index in [1.54, 1.807) is 0 Å². The number of benzene rings is 1. The summed E-state index contributed by atoms with van der Waals surface area (Å²) < 4.78 is 0. The molecule has 108 valence electrons.